The highest BCUT2D eigenvalue weighted by molar-refractivity contribution is 5.88. The van der Waals surface area contributed by atoms with Crippen molar-refractivity contribution in [2.45, 2.75) is 40.2 Å². The van der Waals surface area contributed by atoms with Gasteiger partial charge in [-0.25, -0.2) is 4.79 Å². The quantitative estimate of drug-likeness (QED) is 0.497. The lowest BCUT2D eigenvalue weighted by molar-refractivity contribution is -0.120. The molecule has 0 saturated heterocycles. The largest absolute Gasteiger partial charge is 0.444 e. The normalized spacial score (nSPS) is 10.3. The standard InChI is InChI=1S/C14H25N3O4/c1-10(2)8-11(18)15-6-7-16-12(19)9-17-13(20)21-14(3,4)5/h8H,6-7,9H2,1-5H3,(H,15,18)(H,16,19)(H,17,20). The number of carbonyl (C=O) groups is 3. The topological polar surface area (TPSA) is 96.5 Å². The van der Waals surface area contributed by atoms with Crippen LogP contribution in [0.3, 0.4) is 0 Å². The first-order valence-electron chi connectivity index (χ1n) is 6.76. The van der Waals surface area contributed by atoms with E-state index in [-0.39, 0.29) is 24.9 Å². The Morgan fingerprint density at radius 3 is 2.10 bits per heavy atom. The van der Waals surface area contributed by atoms with Crippen LogP contribution < -0.4 is 16.0 Å². The molecule has 0 aliphatic carbocycles. The first-order valence-corrected chi connectivity index (χ1v) is 6.76. The number of ether oxygens (including phenoxy) is 1. The zero-order chi connectivity index (χ0) is 16.5. The highest BCUT2D eigenvalue weighted by atomic mass is 16.6. The van der Waals surface area contributed by atoms with Gasteiger partial charge in [0, 0.05) is 19.2 Å². The number of hydrogen-bond acceptors (Lipinski definition) is 4. The Hall–Kier alpha value is -2.05. The summed E-state index contributed by atoms with van der Waals surface area (Å²) in [4.78, 5) is 34.0. The summed E-state index contributed by atoms with van der Waals surface area (Å²) in [7, 11) is 0. The molecule has 0 atom stereocenters. The summed E-state index contributed by atoms with van der Waals surface area (Å²) in [6, 6.07) is 0. The average Bonchev–Trinajstić information content (AvgIpc) is 2.29. The van der Waals surface area contributed by atoms with Gasteiger partial charge in [0.25, 0.3) is 0 Å². The van der Waals surface area contributed by atoms with E-state index in [1.807, 2.05) is 13.8 Å². The molecule has 0 aromatic rings. The summed E-state index contributed by atoms with van der Waals surface area (Å²) >= 11 is 0. The molecule has 0 aromatic carbocycles. The molecule has 0 rings (SSSR count). The van der Waals surface area contributed by atoms with Crippen molar-refractivity contribution in [3.63, 3.8) is 0 Å². The maximum atomic E-state index is 11.4. The number of hydrogen-bond donors (Lipinski definition) is 3. The highest BCUT2D eigenvalue weighted by Crippen LogP contribution is 2.05. The van der Waals surface area contributed by atoms with Crippen molar-refractivity contribution in [1.29, 1.82) is 0 Å². The molecule has 7 heteroatoms. The molecule has 7 nitrogen and oxygen atoms in total. The molecule has 0 aliphatic rings. The van der Waals surface area contributed by atoms with Crippen LogP contribution in [0.2, 0.25) is 0 Å². The SMILES string of the molecule is CC(C)=CC(=O)NCCNC(=O)CNC(=O)OC(C)(C)C. The van der Waals surface area contributed by atoms with E-state index in [0.717, 1.165) is 5.57 Å². The molecule has 0 radical (unpaired) electrons. The molecule has 0 aliphatic heterocycles. The Balaban J connectivity index is 3.75. The fourth-order valence-corrected chi connectivity index (χ4v) is 1.23. The molecular weight excluding hydrogens is 274 g/mol. The van der Waals surface area contributed by atoms with Gasteiger partial charge in [-0.15, -0.1) is 0 Å². The van der Waals surface area contributed by atoms with Crippen LogP contribution in [0.25, 0.3) is 0 Å². The van der Waals surface area contributed by atoms with E-state index < -0.39 is 11.7 Å². The Morgan fingerprint density at radius 1 is 1.00 bits per heavy atom. The molecule has 0 heterocycles. The Bertz CT molecular complexity index is 407. The minimum absolute atomic E-state index is 0.170. The lowest BCUT2D eigenvalue weighted by atomic mass is 10.2. The predicted octanol–water partition coefficient (Wildman–Crippen LogP) is 0.710. The van der Waals surface area contributed by atoms with Crippen LogP contribution in [0.15, 0.2) is 11.6 Å². The van der Waals surface area contributed by atoms with Crippen molar-refractivity contribution in [1.82, 2.24) is 16.0 Å². The van der Waals surface area contributed by atoms with E-state index in [4.69, 9.17) is 4.74 Å². The van der Waals surface area contributed by atoms with Gasteiger partial charge in [-0.2, -0.15) is 0 Å². The van der Waals surface area contributed by atoms with Crippen molar-refractivity contribution < 1.29 is 19.1 Å². The fraction of sp³-hybridized carbons (Fsp3) is 0.643. The summed E-state index contributed by atoms with van der Waals surface area (Å²) in [5.74, 6) is -0.548. The molecule has 0 bridgehead atoms. The van der Waals surface area contributed by atoms with Crippen LogP contribution in [-0.4, -0.2) is 43.1 Å². The van der Waals surface area contributed by atoms with E-state index >= 15 is 0 Å². The number of rotatable bonds is 6. The van der Waals surface area contributed by atoms with Crippen LogP contribution in [0.1, 0.15) is 34.6 Å². The summed E-state index contributed by atoms with van der Waals surface area (Å²) in [6.07, 6.45) is 0.834. The van der Waals surface area contributed by atoms with E-state index in [1.165, 1.54) is 6.08 Å². The van der Waals surface area contributed by atoms with Gasteiger partial charge in [0.05, 0.1) is 6.54 Å². The summed E-state index contributed by atoms with van der Waals surface area (Å²) in [6.45, 7) is 9.30. The molecule has 0 unspecified atom stereocenters. The maximum absolute atomic E-state index is 11.4. The monoisotopic (exact) mass is 299 g/mol. The van der Waals surface area contributed by atoms with Gasteiger partial charge >= 0.3 is 6.09 Å². The smallest absolute Gasteiger partial charge is 0.408 e. The Labute approximate surface area is 125 Å². The first-order chi connectivity index (χ1) is 9.60. The second-order valence-corrected chi connectivity index (χ2v) is 5.72. The summed E-state index contributed by atoms with van der Waals surface area (Å²) in [5, 5.41) is 7.53. The maximum Gasteiger partial charge on any atom is 0.408 e. The van der Waals surface area contributed by atoms with Crippen molar-refractivity contribution in [2.75, 3.05) is 19.6 Å². The van der Waals surface area contributed by atoms with Crippen LogP contribution in [0.5, 0.6) is 0 Å². The Kier molecular flexibility index (Phi) is 8.11. The lowest BCUT2D eigenvalue weighted by Gasteiger charge is -2.19. The highest BCUT2D eigenvalue weighted by Gasteiger charge is 2.16. The average molecular weight is 299 g/mol. The molecule has 21 heavy (non-hydrogen) atoms. The third-order valence-corrected chi connectivity index (χ3v) is 1.96. The molecule has 0 saturated carbocycles. The van der Waals surface area contributed by atoms with Gasteiger partial charge in [-0.1, -0.05) is 5.57 Å². The molecule has 0 spiro atoms. The van der Waals surface area contributed by atoms with Gasteiger partial charge in [-0.05, 0) is 34.6 Å². The third kappa shape index (κ3) is 12.7. The van der Waals surface area contributed by atoms with Gasteiger partial charge < -0.3 is 20.7 Å². The van der Waals surface area contributed by atoms with Gasteiger partial charge in [0.15, 0.2) is 0 Å². The zero-order valence-electron chi connectivity index (χ0n) is 13.3. The molecule has 3 amide bonds. The number of alkyl carbamates (subject to hydrolysis) is 1. The molecule has 0 aromatic heterocycles. The number of amides is 3. The van der Waals surface area contributed by atoms with Gasteiger partial charge in [0.2, 0.25) is 11.8 Å². The second kappa shape index (κ2) is 8.99. The number of carbonyl (C=O) groups excluding carboxylic acids is 3. The first kappa shape index (κ1) is 18.9. The third-order valence-electron chi connectivity index (χ3n) is 1.96. The van der Waals surface area contributed by atoms with Crippen molar-refractivity contribution >= 4 is 17.9 Å². The van der Waals surface area contributed by atoms with E-state index in [1.54, 1.807) is 20.8 Å². The molecule has 120 valence electrons. The lowest BCUT2D eigenvalue weighted by Crippen LogP contribution is -2.41. The zero-order valence-corrected chi connectivity index (χ0v) is 13.3. The molecule has 3 N–H and O–H groups in total. The second-order valence-electron chi connectivity index (χ2n) is 5.72. The molecular formula is C14H25N3O4. The van der Waals surface area contributed by atoms with Crippen LogP contribution in [0.4, 0.5) is 4.79 Å². The number of nitrogens with one attached hydrogen (secondary N) is 3. The summed E-state index contributed by atoms with van der Waals surface area (Å²) < 4.78 is 4.99. The van der Waals surface area contributed by atoms with Crippen LogP contribution >= 0.6 is 0 Å². The molecule has 0 fully saturated rings. The van der Waals surface area contributed by atoms with E-state index in [0.29, 0.717) is 6.54 Å². The minimum atomic E-state index is -0.644. The van der Waals surface area contributed by atoms with Gasteiger partial charge in [0.1, 0.15) is 5.60 Å². The minimum Gasteiger partial charge on any atom is -0.444 e. The van der Waals surface area contributed by atoms with E-state index in [9.17, 15) is 14.4 Å². The van der Waals surface area contributed by atoms with Crippen molar-refractivity contribution in [3.8, 4) is 0 Å². The number of allylic oxidation sites excluding steroid dienone is 1. The van der Waals surface area contributed by atoms with E-state index in [2.05, 4.69) is 16.0 Å². The summed E-state index contributed by atoms with van der Waals surface area (Å²) in [5.41, 5.74) is 0.300. The van der Waals surface area contributed by atoms with Gasteiger partial charge in [-0.3, -0.25) is 9.59 Å². The van der Waals surface area contributed by atoms with Crippen LogP contribution in [-0.2, 0) is 14.3 Å². The van der Waals surface area contributed by atoms with Crippen LogP contribution in [0, 0.1) is 0 Å². The Morgan fingerprint density at radius 2 is 1.57 bits per heavy atom. The predicted molar refractivity (Wildman–Crippen MR) is 79.7 cm³/mol. The van der Waals surface area contributed by atoms with Crippen molar-refractivity contribution in [3.05, 3.63) is 11.6 Å². The fourth-order valence-electron chi connectivity index (χ4n) is 1.23. The van der Waals surface area contributed by atoms with Crippen molar-refractivity contribution in [2.24, 2.45) is 0 Å².